The fourth-order valence-electron chi connectivity index (χ4n) is 3.39. The van der Waals surface area contributed by atoms with Crippen molar-refractivity contribution in [3.8, 4) is 5.75 Å². The van der Waals surface area contributed by atoms with Gasteiger partial charge in [-0.25, -0.2) is 0 Å². The predicted octanol–water partition coefficient (Wildman–Crippen LogP) is 3.52. The Hall–Kier alpha value is -1.02. The van der Waals surface area contributed by atoms with Crippen LogP contribution in [0.4, 0.5) is 0 Å². The normalized spacial score (nSPS) is 31.2. The summed E-state index contributed by atoms with van der Waals surface area (Å²) in [7, 11) is 0. The Kier molecular flexibility index (Phi) is 3.06. The maximum Gasteiger partial charge on any atom is 0.120 e. The monoisotopic (exact) mass is 245 g/mol. The van der Waals surface area contributed by atoms with E-state index in [1.54, 1.807) is 0 Å². The van der Waals surface area contributed by atoms with Gasteiger partial charge in [-0.2, -0.15) is 0 Å². The molecule has 2 saturated carbocycles. The summed E-state index contributed by atoms with van der Waals surface area (Å²) in [5.41, 5.74) is 7.66. The summed E-state index contributed by atoms with van der Waals surface area (Å²) in [6.45, 7) is 4.11. The molecule has 0 aliphatic heterocycles. The average molecular weight is 245 g/mol. The van der Waals surface area contributed by atoms with E-state index in [1.807, 2.05) is 6.07 Å². The van der Waals surface area contributed by atoms with Crippen LogP contribution in [0.2, 0.25) is 0 Å². The van der Waals surface area contributed by atoms with Gasteiger partial charge in [-0.15, -0.1) is 0 Å². The zero-order chi connectivity index (χ0) is 12.7. The van der Waals surface area contributed by atoms with Crippen molar-refractivity contribution in [3.05, 3.63) is 29.8 Å². The van der Waals surface area contributed by atoms with Gasteiger partial charge >= 0.3 is 0 Å². The molecule has 1 aromatic carbocycles. The maximum atomic E-state index is 6.43. The zero-order valence-corrected chi connectivity index (χ0v) is 11.3. The molecule has 18 heavy (non-hydrogen) atoms. The minimum atomic E-state index is 0.188. The summed E-state index contributed by atoms with van der Waals surface area (Å²) >= 11 is 0. The first-order chi connectivity index (χ1) is 8.63. The van der Waals surface area contributed by atoms with E-state index in [0.717, 1.165) is 17.6 Å². The highest BCUT2D eigenvalue weighted by Crippen LogP contribution is 2.56. The van der Waals surface area contributed by atoms with Crippen LogP contribution in [-0.4, -0.2) is 6.10 Å². The third-order valence-corrected chi connectivity index (χ3v) is 4.40. The van der Waals surface area contributed by atoms with Gasteiger partial charge in [0.2, 0.25) is 0 Å². The minimum Gasteiger partial charge on any atom is -0.491 e. The summed E-state index contributed by atoms with van der Waals surface area (Å²) in [6.07, 6.45) is 4.35. The third-order valence-electron chi connectivity index (χ3n) is 4.40. The highest BCUT2D eigenvalue weighted by Gasteiger charge is 2.47. The van der Waals surface area contributed by atoms with Gasteiger partial charge in [-0.05, 0) is 68.6 Å². The number of benzene rings is 1. The van der Waals surface area contributed by atoms with Crippen LogP contribution in [0.1, 0.15) is 44.7 Å². The first-order valence-corrected chi connectivity index (χ1v) is 7.15. The Labute approximate surface area is 110 Å². The molecular formula is C16H23NO. The van der Waals surface area contributed by atoms with Crippen LogP contribution >= 0.6 is 0 Å². The molecule has 2 N–H and O–H groups in total. The van der Waals surface area contributed by atoms with Gasteiger partial charge in [-0.3, -0.25) is 0 Å². The molecule has 0 radical (unpaired) electrons. The van der Waals surface area contributed by atoms with Gasteiger partial charge in [0.15, 0.2) is 0 Å². The molecular weight excluding hydrogens is 222 g/mol. The highest BCUT2D eigenvalue weighted by atomic mass is 16.5. The SMILES string of the molecule is CC(C)Oc1cccc(C(N)C2CC3CC3C2)c1. The molecule has 3 atom stereocenters. The van der Waals surface area contributed by atoms with E-state index in [-0.39, 0.29) is 12.1 Å². The molecule has 0 spiro atoms. The molecule has 2 aliphatic carbocycles. The van der Waals surface area contributed by atoms with Crippen molar-refractivity contribution < 1.29 is 4.74 Å². The molecule has 0 bridgehead atoms. The predicted molar refractivity (Wildman–Crippen MR) is 73.5 cm³/mol. The topological polar surface area (TPSA) is 35.2 Å². The smallest absolute Gasteiger partial charge is 0.120 e. The molecule has 3 unspecified atom stereocenters. The first-order valence-electron chi connectivity index (χ1n) is 7.15. The van der Waals surface area contributed by atoms with Gasteiger partial charge in [0.05, 0.1) is 6.10 Å². The summed E-state index contributed by atoms with van der Waals surface area (Å²) in [5.74, 6) is 3.62. The fourth-order valence-corrected chi connectivity index (χ4v) is 3.39. The van der Waals surface area contributed by atoms with E-state index in [4.69, 9.17) is 10.5 Å². The summed E-state index contributed by atoms with van der Waals surface area (Å²) in [6, 6.07) is 8.52. The molecule has 0 amide bonds. The van der Waals surface area contributed by atoms with Crippen molar-refractivity contribution in [2.24, 2.45) is 23.5 Å². The Bertz CT molecular complexity index is 419. The summed E-state index contributed by atoms with van der Waals surface area (Å²) < 4.78 is 5.74. The van der Waals surface area contributed by atoms with E-state index in [0.29, 0.717) is 5.92 Å². The Morgan fingerprint density at radius 2 is 1.89 bits per heavy atom. The minimum absolute atomic E-state index is 0.188. The number of nitrogens with two attached hydrogens (primary N) is 1. The van der Waals surface area contributed by atoms with Crippen LogP contribution in [0, 0.1) is 17.8 Å². The first kappa shape index (κ1) is 12.0. The Balaban J connectivity index is 1.70. The number of ether oxygens (including phenoxy) is 1. The molecule has 2 fully saturated rings. The van der Waals surface area contributed by atoms with Gasteiger partial charge in [0.1, 0.15) is 5.75 Å². The van der Waals surface area contributed by atoms with Crippen LogP contribution in [0.25, 0.3) is 0 Å². The molecule has 1 aromatic rings. The van der Waals surface area contributed by atoms with Crippen LogP contribution in [0.15, 0.2) is 24.3 Å². The molecule has 2 heteroatoms. The zero-order valence-electron chi connectivity index (χ0n) is 11.3. The Morgan fingerprint density at radius 1 is 1.17 bits per heavy atom. The lowest BCUT2D eigenvalue weighted by Crippen LogP contribution is -2.20. The maximum absolute atomic E-state index is 6.43. The lowest BCUT2D eigenvalue weighted by molar-refractivity contribution is 0.242. The quantitative estimate of drug-likeness (QED) is 0.881. The van der Waals surface area contributed by atoms with E-state index in [2.05, 4.69) is 32.0 Å². The van der Waals surface area contributed by atoms with Crippen LogP contribution < -0.4 is 10.5 Å². The molecule has 2 nitrogen and oxygen atoms in total. The van der Waals surface area contributed by atoms with E-state index in [9.17, 15) is 0 Å². The van der Waals surface area contributed by atoms with E-state index < -0.39 is 0 Å². The number of hydrogen-bond donors (Lipinski definition) is 1. The van der Waals surface area contributed by atoms with Gasteiger partial charge < -0.3 is 10.5 Å². The second-order valence-corrected chi connectivity index (χ2v) is 6.25. The van der Waals surface area contributed by atoms with Crippen molar-refractivity contribution in [3.63, 3.8) is 0 Å². The van der Waals surface area contributed by atoms with E-state index in [1.165, 1.54) is 24.8 Å². The largest absolute Gasteiger partial charge is 0.491 e. The number of rotatable bonds is 4. The standard InChI is InChI=1S/C16H23NO/c1-10(2)18-15-5-3-4-11(9-15)16(17)14-7-12-6-13(12)8-14/h3-5,9-10,12-14,16H,6-8,17H2,1-2H3. The molecule has 3 rings (SSSR count). The van der Waals surface area contributed by atoms with Crippen LogP contribution in [-0.2, 0) is 0 Å². The lowest BCUT2D eigenvalue weighted by atomic mass is 9.90. The lowest BCUT2D eigenvalue weighted by Gasteiger charge is -2.22. The fraction of sp³-hybridized carbons (Fsp3) is 0.625. The van der Waals surface area contributed by atoms with Crippen LogP contribution in [0.3, 0.4) is 0 Å². The van der Waals surface area contributed by atoms with Crippen molar-refractivity contribution in [2.45, 2.75) is 45.3 Å². The molecule has 0 saturated heterocycles. The van der Waals surface area contributed by atoms with Crippen molar-refractivity contribution in [1.82, 2.24) is 0 Å². The molecule has 0 heterocycles. The second-order valence-electron chi connectivity index (χ2n) is 6.25. The second kappa shape index (κ2) is 4.58. The molecule has 2 aliphatic rings. The Morgan fingerprint density at radius 3 is 2.56 bits per heavy atom. The summed E-state index contributed by atoms with van der Waals surface area (Å²) in [5, 5.41) is 0. The van der Waals surface area contributed by atoms with Gasteiger partial charge in [-0.1, -0.05) is 12.1 Å². The molecule has 98 valence electrons. The van der Waals surface area contributed by atoms with Gasteiger partial charge in [0, 0.05) is 6.04 Å². The van der Waals surface area contributed by atoms with Crippen molar-refractivity contribution >= 4 is 0 Å². The van der Waals surface area contributed by atoms with Crippen LogP contribution in [0.5, 0.6) is 5.75 Å². The van der Waals surface area contributed by atoms with Crippen molar-refractivity contribution in [2.75, 3.05) is 0 Å². The number of hydrogen-bond acceptors (Lipinski definition) is 2. The summed E-state index contributed by atoms with van der Waals surface area (Å²) in [4.78, 5) is 0. The average Bonchev–Trinajstić information content (AvgIpc) is 2.95. The molecule has 0 aromatic heterocycles. The highest BCUT2D eigenvalue weighted by molar-refractivity contribution is 5.31. The van der Waals surface area contributed by atoms with Crippen molar-refractivity contribution in [1.29, 1.82) is 0 Å². The van der Waals surface area contributed by atoms with E-state index >= 15 is 0 Å². The van der Waals surface area contributed by atoms with Gasteiger partial charge in [0.25, 0.3) is 0 Å². The number of fused-ring (bicyclic) bond motifs is 1. The third kappa shape index (κ3) is 2.39.